The molecule has 1 atom stereocenters. The molecular formula is C18H15BrO4. The molecule has 0 bridgehead atoms. The van der Waals surface area contributed by atoms with E-state index in [0.717, 1.165) is 10.0 Å². The minimum Gasteiger partial charge on any atom is -0.479 e. The molecule has 2 rings (SSSR count). The Hall–Kier alpha value is -2.40. The third kappa shape index (κ3) is 4.79. The maximum atomic E-state index is 12.1. The van der Waals surface area contributed by atoms with Crippen molar-refractivity contribution in [1.29, 1.82) is 0 Å². The molecule has 0 aliphatic heterocycles. The van der Waals surface area contributed by atoms with Gasteiger partial charge in [-0.3, -0.25) is 4.79 Å². The van der Waals surface area contributed by atoms with E-state index < -0.39 is 12.1 Å². The lowest BCUT2D eigenvalue weighted by atomic mass is 10.1. The number of hydrogen-bond acceptors (Lipinski definition) is 3. The van der Waals surface area contributed by atoms with Gasteiger partial charge in [0.05, 0.1) is 0 Å². The van der Waals surface area contributed by atoms with Gasteiger partial charge in [-0.2, -0.15) is 0 Å². The van der Waals surface area contributed by atoms with E-state index in [9.17, 15) is 9.59 Å². The number of carboxylic acid groups (broad SMARTS) is 1. The van der Waals surface area contributed by atoms with E-state index in [4.69, 9.17) is 9.84 Å². The number of rotatable bonds is 6. The number of carboxylic acids is 1. The molecule has 1 unspecified atom stereocenters. The number of aliphatic carboxylic acids is 1. The van der Waals surface area contributed by atoms with Gasteiger partial charge in [0.15, 0.2) is 11.9 Å². The van der Waals surface area contributed by atoms with Gasteiger partial charge in [-0.25, -0.2) is 4.79 Å². The highest BCUT2D eigenvalue weighted by molar-refractivity contribution is 9.10. The average Bonchev–Trinajstić information content (AvgIpc) is 2.54. The lowest BCUT2D eigenvalue weighted by molar-refractivity contribution is -0.144. The van der Waals surface area contributed by atoms with Crippen molar-refractivity contribution in [1.82, 2.24) is 0 Å². The van der Waals surface area contributed by atoms with Gasteiger partial charge in [0.25, 0.3) is 0 Å². The Bertz CT molecular complexity index is 735. The summed E-state index contributed by atoms with van der Waals surface area (Å²) >= 11 is 3.42. The monoisotopic (exact) mass is 374 g/mol. The lowest BCUT2D eigenvalue weighted by Gasteiger charge is -2.10. The molecule has 1 N–H and O–H groups in total. The van der Waals surface area contributed by atoms with Crippen molar-refractivity contribution in [2.45, 2.75) is 13.0 Å². The molecule has 0 spiro atoms. The Morgan fingerprint density at radius 3 is 2.39 bits per heavy atom. The van der Waals surface area contributed by atoms with Gasteiger partial charge in [0.1, 0.15) is 5.75 Å². The quantitative estimate of drug-likeness (QED) is 0.607. The summed E-state index contributed by atoms with van der Waals surface area (Å²) in [5.41, 5.74) is 1.42. The zero-order chi connectivity index (χ0) is 16.8. The number of ether oxygens (including phenoxy) is 1. The van der Waals surface area contributed by atoms with Crippen molar-refractivity contribution in [3.8, 4) is 5.75 Å². The first-order valence-electron chi connectivity index (χ1n) is 6.94. The van der Waals surface area contributed by atoms with E-state index in [-0.39, 0.29) is 5.78 Å². The number of allylic oxidation sites excluding steroid dienone is 1. The van der Waals surface area contributed by atoms with E-state index in [0.29, 0.717) is 11.3 Å². The Kier molecular flexibility index (Phi) is 5.71. The van der Waals surface area contributed by atoms with Gasteiger partial charge in [0.2, 0.25) is 0 Å². The number of ketones is 1. The molecule has 0 aliphatic rings. The summed E-state index contributed by atoms with van der Waals surface area (Å²) in [6, 6.07) is 14.0. The normalized spacial score (nSPS) is 12.1. The second-order valence-corrected chi connectivity index (χ2v) is 5.70. The number of halogens is 1. The van der Waals surface area contributed by atoms with Crippen LogP contribution < -0.4 is 4.74 Å². The van der Waals surface area contributed by atoms with Crippen LogP contribution in [0.15, 0.2) is 59.1 Å². The van der Waals surface area contributed by atoms with Crippen LogP contribution in [-0.4, -0.2) is 23.0 Å². The maximum absolute atomic E-state index is 12.1. The molecule has 0 fully saturated rings. The first-order chi connectivity index (χ1) is 11.0. The van der Waals surface area contributed by atoms with Crippen LogP contribution in [0, 0.1) is 0 Å². The SMILES string of the molecule is CC(Oc1ccc(C(=O)/C=C/c2ccccc2Br)cc1)C(=O)O. The summed E-state index contributed by atoms with van der Waals surface area (Å²) in [7, 11) is 0. The highest BCUT2D eigenvalue weighted by atomic mass is 79.9. The van der Waals surface area contributed by atoms with Gasteiger partial charge in [0, 0.05) is 10.0 Å². The highest BCUT2D eigenvalue weighted by Gasteiger charge is 2.12. The number of benzene rings is 2. The van der Waals surface area contributed by atoms with Crippen LogP contribution >= 0.6 is 15.9 Å². The number of hydrogen-bond donors (Lipinski definition) is 1. The van der Waals surface area contributed by atoms with E-state index in [1.165, 1.54) is 13.0 Å². The second kappa shape index (κ2) is 7.74. The summed E-state index contributed by atoms with van der Waals surface area (Å²) in [6.07, 6.45) is 2.30. The van der Waals surface area contributed by atoms with Gasteiger partial charge in [-0.15, -0.1) is 0 Å². The first-order valence-corrected chi connectivity index (χ1v) is 7.73. The maximum Gasteiger partial charge on any atom is 0.344 e. The lowest BCUT2D eigenvalue weighted by Crippen LogP contribution is -2.22. The van der Waals surface area contributed by atoms with Crippen molar-refractivity contribution in [2.24, 2.45) is 0 Å². The fraction of sp³-hybridized carbons (Fsp3) is 0.111. The molecular weight excluding hydrogens is 360 g/mol. The van der Waals surface area contributed by atoms with Crippen molar-refractivity contribution in [3.63, 3.8) is 0 Å². The topological polar surface area (TPSA) is 63.6 Å². The minimum absolute atomic E-state index is 0.140. The number of carbonyl (C=O) groups excluding carboxylic acids is 1. The van der Waals surface area contributed by atoms with Crippen LogP contribution in [0.1, 0.15) is 22.8 Å². The molecule has 0 radical (unpaired) electrons. The van der Waals surface area contributed by atoms with E-state index in [1.54, 1.807) is 30.3 Å². The predicted molar refractivity (Wildman–Crippen MR) is 91.7 cm³/mol. The third-order valence-electron chi connectivity index (χ3n) is 3.12. The van der Waals surface area contributed by atoms with E-state index in [2.05, 4.69) is 15.9 Å². The second-order valence-electron chi connectivity index (χ2n) is 4.84. The third-order valence-corrected chi connectivity index (χ3v) is 3.84. The van der Waals surface area contributed by atoms with Crippen LogP contribution in [0.2, 0.25) is 0 Å². The molecule has 118 valence electrons. The molecule has 0 amide bonds. The summed E-state index contributed by atoms with van der Waals surface area (Å²) in [4.78, 5) is 22.9. The van der Waals surface area contributed by atoms with Gasteiger partial charge >= 0.3 is 5.97 Å². The van der Waals surface area contributed by atoms with Crippen LogP contribution in [0.25, 0.3) is 6.08 Å². The molecule has 0 saturated carbocycles. The van der Waals surface area contributed by atoms with Crippen LogP contribution in [0.3, 0.4) is 0 Å². The molecule has 0 heterocycles. The fourth-order valence-electron chi connectivity index (χ4n) is 1.82. The van der Waals surface area contributed by atoms with Gasteiger partial charge in [-0.05, 0) is 55.0 Å². The zero-order valence-corrected chi connectivity index (χ0v) is 14.0. The first kappa shape index (κ1) is 17.0. The van der Waals surface area contributed by atoms with Crippen molar-refractivity contribution >= 4 is 33.8 Å². The summed E-state index contributed by atoms with van der Waals surface area (Å²) in [6.45, 7) is 1.45. The molecule has 0 saturated heterocycles. The molecule has 5 heteroatoms. The number of carbonyl (C=O) groups is 2. The summed E-state index contributed by atoms with van der Waals surface area (Å²) in [5, 5.41) is 8.79. The fourth-order valence-corrected chi connectivity index (χ4v) is 2.24. The largest absolute Gasteiger partial charge is 0.479 e. The Morgan fingerprint density at radius 1 is 1.13 bits per heavy atom. The highest BCUT2D eigenvalue weighted by Crippen LogP contribution is 2.18. The molecule has 2 aromatic rings. The Morgan fingerprint density at radius 2 is 1.78 bits per heavy atom. The van der Waals surface area contributed by atoms with E-state index >= 15 is 0 Å². The zero-order valence-electron chi connectivity index (χ0n) is 12.4. The van der Waals surface area contributed by atoms with Gasteiger partial charge in [-0.1, -0.05) is 34.1 Å². The van der Waals surface area contributed by atoms with Crippen LogP contribution in [0.5, 0.6) is 5.75 Å². The van der Waals surface area contributed by atoms with Crippen molar-refractivity contribution < 1.29 is 19.4 Å². The predicted octanol–water partition coefficient (Wildman–Crippen LogP) is 4.20. The summed E-state index contributed by atoms with van der Waals surface area (Å²) in [5.74, 6) is -0.772. The van der Waals surface area contributed by atoms with Crippen LogP contribution in [-0.2, 0) is 4.79 Å². The molecule has 0 aromatic heterocycles. The molecule has 4 nitrogen and oxygen atoms in total. The minimum atomic E-state index is -1.04. The molecule has 2 aromatic carbocycles. The standard InChI is InChI=1S/C18H15BrO4/c1-12(18(21)22)23-15-9-6-14(7-10-15)17(20)11-8-13-4-2-3-5-16(13)19/h2-12H,1H3,(H,21,22)/b11-8+. The van der Waals surface area contributed by atoms with Crippen molar-refractivity contribution in [3.05, 3.63) is 70.2 Å². The van der Waals surface area contributed by atoms with Gasteiger partial charge < -0.3 is 9.84 Å². The Balaban J connectivity index is 2.06. The molecule has 23 heavy (non-hydrogen) atoms. The summed E-state index contributed by atoms with van der Waals surface area (Å²) < 4.78 is 6.13. The smallest absolute Gasteiger partial charge is 0.344 e. The van der Waals surface area contributed by atoms with Crippen molar-refractivity contribution in [2.75, 3.05) is 0 Å². The van der Waals surface area contributed by atoms with E-state index in [1.807, 2.05) is 24.3 Å². The Labute approximate surface area is 142 Å². The average molecular weight is 375 g/mol. The molecule has 0 aliphatic carbocycles. The van der Waals surface area contributed by atoms with Crippen LogP contribution in [0.4, 0.5) is 0 Å².